The SMILES string of the molecule is [CH2]c1ccccc1B(O)c1ccc(Cl)c(C)c1. The lowest BCUT2D eigenvalue weighted by atomic mass is 9.54. The lowest BCUT2D eigenvalue weighted by Crippen LogP contribution is -2.43. The summed E-state index contributed by atoms with van der Waals surface area (Å²) < 4.78 is 0. The summed E-state index contributed by atoms with van der Waals surface area (Å²) in [5.74, 6) is 0. The smallest absolute Gasteiger partial charge is 0.359 e. The van der Waals surface area contributed by atoms with Crippen molar-refractivity contribution in [2.24, 2.45) is 0 Å². The van der Waals surface area contributed by atoms with Crippen LogP contribution in [-0.2, 0) is 0 Å². The van der Waals surface area contributed by atoms with Crippen LogP contribution in [0.25, 0.3) is 0 Å². The van der Waals surface area contributed by atoms with E-state index in [0.717, 1.165) is 22.1 Å². The average Bonchev–Trinajstić information content (AvgIpc) is 2.32. The van der Waals surface area contributed by atoms with Crippen LogP contribution in [0.15, 0.2) is 42.5 Å². The molecule has 0 bridgehead atoms. The molecule has 2 aromatic rings. The molecule has 1 radical (unpaired) electrons. The number of halogens is 1. The molecule has 0 fully saturated rings. The van der Waals surface area contributed by atoms with Crippen LogP contribution in [0.2, 0.25) is 5.02 Å². The summed E-state index contributed by atoms with van der Waals surface area (Å²) in [6, 6.07) is 13.1. The minimum absolute atomic E-state index is 0.653. The molecule has 0 atom stereocenters. The lowest BCUT2D eigenvalue weighted by molar-refractivity contribution is 0.600. The Morgan fingerprint density at radius 3 is 2.53 bits per heavy atom. The van der Waals surface area contributed by atoms with Gasteiger partial charge in [-0.3, -0.25) is 0 Å². The lowest BCUT2D eigenvalue weighted by Gasteiger charge is -2.11. The first-order chi connectivity index (χ1) is 8.09. The maximum Gasteiger partial charge on any atom is 0.359 e. The summed E-state index contributed by atoms with van der Waals surface area (Å²) in [7, 11) is 0. The van der Waals surface area contributed by atoms with Gasteiger partial charge in [0.15, 0.2) is 0 Å². The van der Waals surface area contributed by atoms with E-state index >= 15 is 0 Å². The van der Waals surface area contributed by atoms with E-state index in [1.54, 1.807) is 6.07 Å². The fraction of sp³-hybridized carbons (Fsp3) is 0.0714. The van der Waals surface area contributed by atoms with Gasteiger partial charge in [-0.05, 0) is 36.4 Å². The predicted molar refractivity (Wildman–Crippen MR) is 74.3 cm³/mol. The quantitative estimate of drug-likeness (QED) is 0.799. The molecule has 0 spiro atoms. The van der Waals surface area contributed by atoms with Gasteiger partial charge in [0.1, 0.15) is 0 Å². The highest BCUT2D eigenvalue weighted by Gasteiger charge is 2.18. The molecule has 0 heterocycles. The summed E-state index contributed by atoms with van der Waals surface area (Å²) >= 11 is 5.97. The first-order valence-electron chi connectivity index (χ1n) is 5.44. The Balaban J connectivity index is 2.40. The monoisotopic (exact) mass is 243 g/mol. The van der Waals surface area contributed by atoms with E-state index in [2.05, 4.69) is 6.92 Å². The number of rotatable bonds is 2. The van der Waals surface area contributed by atoms with E-state index in [4.69, 9.17) is 11.6 Å². The van der Waals surface area contributed by atoms with Crippen LogP contribution in [-0.4, -0.2) is 11.9 Å². The summed E-state index contributed by atoms with van der Waals surface area (Å²) in [6.45, 7) is 5.19. The normalized spacial score (nSPS) is 10.4. The summed E-state index contributed by atoms with van der Waals surface area (Å²) in [4.78, 5) is 0. The Morgan fingerprint density at radius 2 is 1.88 bits per heavy atom. The first-order valence-corrected chi connectivity index (χ1v) is 5.82. The van der Waals surface area contributed by atoms with Gasteiger partial charge < -0.3 is 5.02 Å². The van der Waals surface area contributed by atoms with Gasteiger partial charge >= 0.3 is 6.92 Å². The third kappa shape index (κ3) is 2.54. The molecule has 0 saturated carbocycles. The van der Waals surface area contributed by atoms with Crippen LogP contribution < -0.4 is 10.9 Å². The average molecular weight is 244 g/mol. The molecule has 2 rings (SSSR count). The van der Waals surface area contributed by atoms with Crippen molar-refractivity contribution in [2.45, 2.75) is 6.92 Å². The van der Waals surface area contributed by atoms with Crippen molar-refractivity contribution in [1.29, 1.82) is 0 Å². The second-order valence-electron chi connectivity index (χ2n) is 4.11. The molecule has 3 heteroatoms. The van der Waals surface area contributed by atoms with Crippen LogP contribution in [0.4, 0.5) is 0 Å². The van der Waals surface area contributed by atoms with Crippen molar-refractivity contribution in [2.75, 3.05) is 0 Å². The van der Waals surface area contributed by atoms with Gasteiger partial charge in [-0.2, -0.15) is 0 Å². The Morgan fingerprint density at radius 1 is 1.18 bits per heavy atom. The topological polar surface area (TPSA) is 20.2 Å². The molecule has 1 N–H and O–H groups in total. The molecular weight excluding hydrogens is 230 g/mol. The maximum atomic E-state index is 10.3. The van der Waals surface area contributed by atoms with Crippen LogP contribution in [0.1, 0.15) is 11.1 Å². The van der Waals surface area contributed by atoms with Gasteiger partial charge in [-0.1, -0.05) is 53.6 Å². The van der Waals surface area contributed by atoms with Gasteiger partial charge in [0.2, 0.25) is 0 Å². The fourth-order valence-corrected chi connectivity index (χ4v) is 1.94. The highest BCUT2D eigenvalue weighted by Crippen LogP contribution is 2.12. The predicted octanol–water partition coefficient (Wildman–Crippen LogP) is 1.93. The Hall–Kier alpha value is -1.25. The molecule has 0 aliphatic heterocycles. The summed E-state index contributed by atoms with van der Waals surface area (Å²) in [6.07, 6.45) is 0. The minimum Gasteiger partial charge on any atom is -0.443 e. The van der Waals surface area contributed by atoms with E-state index < -0.39 is 6.92 Å². The summed E-state index contributed by atoms with van der Waals surface area (Å²) in [5, 5.41) is 11.0. The Bertz CT molecular complexity index is 539. The molecule has 85 valence electrons. The highest BCUT2D eigenvalue weighted by molar-refractivity contribution is 6.79. The Kier molecular flexibility index (Phi) is 3.56. The minimum atomic E-state index is -0.653. The van der Waals surface area contributed by atoms with E-state index in [9.17, 15) is 5.02 Å². The van der Waals surface area contributed by atoms with Crippen LogP contribution in [0.3, 0.4) is 0 Å². The van der Waals surface area contributed by atoms with Crippen molar-refractivity contribution < 1.29 is 5.02 Å². The van der Waals surface area contributed by atoms with E-state index in [1.807, 2.05) is 43.3 Å². The molecule has 1 nitrogen and oxygen atoms in total. The number of benzene rings is 2. The number of hydrogen-bond donors (Lipinski definition) is 1. The first kappa shape index (κ1) is 12.2. The largest absolute Gasteiger partial charge is 0.443 e. The molecule has 0 amide bonds. The second-order valence-corrected chi connectivity index (χ2v) is 4.52. The highest BCUT2D eigenvalue weighted by atomic mass is 35.5. The zero-order chi connectivity index (χ0) is 12.4. The molecule has 2 aromatic carbocycles. The fourth-order valence-electron chi connectivity index (χ4n) is 1.82. The molecular formula is C14H13BClO. The zero-order valence-electron chi connectivity index (χ0n) is 9.65. The van der Waals surface area contributed by atoms with Crippen LogP contribution >= 0.6 is 11.6 Å². The third-order valence-electron chi connectivity index (χ3n) is 2.85. The second kappa shape index (κ2) is 4.95. The third-order valence-corrected chi connectivity index (χ3v) is 3.27. The van der Waals surface area contributed by atoms with Gasteiger partial charge in [-0.25, -0.2) is 0 Å². The molecule has 0 saturated heterocycles. The standard InChI is InChI=1S/C14H13BClO/c1-10-5-3-4-6-13(10)15(17)12-7-8-14(16)11(2)9-12/h3-9,17H,1H2,2H3. The van der Waals surface area contributed by atoms with Crippen LogP contribution in [0, 0.1) is 13.8 Å². The van der Waals surface area contributed by atoms with E-state index in [0.29, 0.717) is 5.02 Å². The van der Waals surface area contributed by atoms with Crippen molar-refractivity contribution in [3.05, 3.63) is 65.5 Å². The van der Waals surface area contributed by atoms with Gasteiger partial charge in [0, 0.05) is 5.02 Å². The van der Waals surface area contributed by atoms with Gasteiger partial charge in [0.25, 0.3) is 0 Å². The molecule has 0 unspecified atom stereocenters. The molecule has 0 aliphatic rings. The molecule has 0 aliphatic carbocycles. The van der Waals surface area contributed by atoms with Crippen molar-refractivity contribution in [1.82, 2.24) is 0 Å². The van der Waals surface area contributed by atoms with Gasteiger partial charge in [-0.15, -0.1) is 0 Å². The Labute approximate surface area is 107 Å². The number of aryl methyl sites for hydroxylation is 1. The zero-order valence-corrected chi connectivity index (χ0v) is 10.4. The molecule has 17 heavy (non-hydrogen) atoms. The van der Waals surface area contributed by atoms with E-state index in [1.165, 1.54) is 0 Å². The van der Waals surface area contributed by atoms with Crippen LogP contribution in [0.5, 0.6) is 0 Å². The van der Waals surface area contributed by atoms with Crippen molar-refractivity contribution >= 4 is 29.4 Å². The summed E-state index contributed by atoms with van der Waals surface area (Å²) in [5.41, 5.74) is 3.47. The number of hydrogen-bond acceptors (Lipinski definition) is 1. The van der Waals surface area contributed by atoms with E-state index in [-0.39, 0.29) is 0 Å². The molecule has 0 aromatic heterocycles. The van der Waals surface area contributed by atoms with Crippen molar-refractivity contribution in [3.63, 3.8) is 0 Å². The van der Waals surface area contributed by atoms with Crippen molar-refractivity contribution in [3.8, 4) is 0 Å². The maximum absolute atomic E-state index is 10.3. The van der Waals surface area contributed by atoms with Gasteiger partial charge in [0.05, 0.1) is 0 Å².